The minimum Gasteiger partial charge on any atom is -0.490 e. The highest BCUT2D eigenvalue weighted by molar-refractivity contribution is 7.90. The molecule has 1 amide bonds. The second kappa shape index (κ2) is 10.6. The van der Waals surface area contributed by atoms with Crippen molar-refractivity contribution >= 4 is 15.9 Å². The first-order valence-electron chi connectivity index (χ1n) is 10.5. The normalized spacial score (nSPS) is 15.6. The minimum atomic E-state index is -3.59. The Morgan fingerprint density at radius 2 is 1.73 bits per heavy atom. The van der Waals surface area contributed by atoms with E-state index >= 15 is 0 Å². The SMILES string of the molecule is CCCCS(=O)(=O)NC(=O)c1ccc(OC2CCN(Cc3ccccc3)CC2)cc1. The Bertz CT molecular complexity index is 906. The molecular formula is C23H30N2O4S. The molecule has 0 spiro atoms. The summed E-state index contributed by atoms with van der Waals surface area (Å²) in [5.74, 6) is 0.0492. The molecule has 2 aromatic rings. The predicted octanol–water partition coefficient (Wildman–Crippen LogP) is 3.59. The number of nitrogens with one attached hydrogen (secondary N) is 1. The van der Waals surface area contributed by atoms with E-state index in [1.165, 1.54) is 5.56 Å². The van der Waals surface area contributed by atoms with Gasteiger partial charge in [-0.05, 0) is 49.1 Å². The summed E-state index contributed by atoms with van der Waals surface area (Å²) >= 11 is 0. The Labute approximate surface area is 179 Å². The molecule has 2 aromatic carbocycles. The monoisotopic (exact) mass is 430 g/mol. The Morgan fingerprint density at radius 3 is 2.37 bits per heavy atom. The van der Waals surface area contributed by atoms with E-state index in [4.69, 9.17) is 4.74 Å². The highest BCUT2D eigenvalue weighted by atomic mass is 32.2. The van der Waals surface area contributed by atoms with Gasteiger partial charge in [0, 0.05) is 25.2 Å². The summed E-state index contributed by atoms with van der Waals surface area (Å²) in [6.07, 6.45) is 3.33. The zero-order chi connectivity index (χ0) is 21.4. The zero-order valence-electron chi connectivity index (χ0n) is 17.4. The molecule has 0 aliphatic carbocycles. The van der Waals surface area contributed by atoms with Crippen LogP contribution < -0.4 is 9.46 Å². The van der Waals surface area contributed by atoms with Crippen molar-refractivity contribution < 1.29 is 17.9 Å². The molecule has 162 valence electrons. The summed E-state index contributed by atoms with van der Waals surface area (Å²) in [5, 5.41) is 0. The Balaban J connectivity index is 1.46. The van der Waals surface area contributed by atoms with Crippen molar-refractivity contribution in [1.82, 2.24) is 9.62 Å². The molecule has 6 nitrogen and oxygen atoms in total. The number of hydrogen-bond donors (Lipinski definition) is 1. The van der Waals surface area contributed by atoms with E-state index in [1.54, 1.807) is 24.3 Å². The lowest BCUT2D eigenvalue weighted by Gasteiger charge is -2.32. The van der Waals surface area contributed by atoms with Crippen molar-refractivity contribution in [1.29, 1.82) is 0 Å². The van der Waals surface area contributed by atoms with Crippen molar-refractivity contribution in [2.45, 2.75) is 45.3 Å². The maximum atomic E-state index is 12.2. The van der Waals surface area contributed by atoms with E-state index < -0.39 is 15.9 Å². The molecule has 0 radical (unpaired) electrons. The number of carbonyl (C=O) groups excluding carboxylic acids is 1. The molecule has 0 unspecified atom stereocenters. The van der Waals surface area contributed by atoms with Gasteiger partial charge >= 0.3 is 0 Å². The van der Waals surface area contributed by atoms with Gasteiger partial charge in [-0.15, -0.1) is 0 Å². The third-order valence-electron chi connectivity index (χ3n) is 5.22. The number of unbranched alkanes of at least 4 members (excludes halogenated alkanes) is 1. The van der Waals surface area contributed by atoms with Crippen molar-refractivity contribution in [3.05, 3.63) is 65.7 Å². The largest absolute Gasteiger partial charge is 0.490 e. The summed E-state index contributed by atoms with van der Waals surface area (Å²) in [6, 6.07) is 17.1. The quantitative estimate of drug-likeness (QED) is 0.658. The van der Waals surface area contributed by atoms with E-state index in [1.807, 2.05) is 13.0 Å². The van der Waals surface area contributed by atoms with Crippen LogP contribution in [0, 0.1) is 0 Å². The Hall–Kier alpha value is -2.38. The number of ether oxygens (including phenoxy) is 1. The summed E-state index contributed by atoms with van der Waals surface area (Å²) in [6.45, 7) is 4.83. The number of piperidine rings is 1. The minimum absolute atomic E-state index is 0.0423. The number of amides is 1. The zero-order valence-corrected chi connectivity index (χ0v) is 18.2. The lowest BCUT2D eigenvalue weighted by molar-refractivity contribution is 0.0965. The maximum absolute atomic E-state index is 12.2. The molecule has 7 heteroatoms. The molecule has 0 bridgehead atoms. The maximum Gasteiger partial charge on any atom is 0.264 e. The number of benzene rings is 2. The fourth-order valence-electron chi connectivity index (χ4n) is 3.49. The molecule has 1 saturated heterocycles. The third kappa shape index (κ3) is 6.85. The van der Waals surface area contributed by atoms with Gasteiger partial charge in [-0.3, -0.25) is 9.69 Å². The fraction of sp³-hybridized carbons (Fsp3) is 0.435. The van der Waals surface area contributed by atoms with Gasteiger partial charge in [0.25, 0.3) is 5.91 Å². The van der Waals surface area contributed by atoms with Crippen LogP contribution in [-0.2, 0) is 16.6 Å². The molecule has 1 fully saturated rings. The summed E-state index contributed by atoms with van der Waals surface area (Å²) in [5.41, 5.74) is 1.63. The van der Waals surface area contributed by atoms with Gasteiger partial charge < -0.3 is 4.74 Å². The van der Waals surface area contributed by atoms with Crippen LogP contribution in [0.2, 0.25) is 0 Å². The third-order valence-corrected chi connectivity index (χ3v) is 6.54. The van der Waals surface area contributed by atoms with Crippen LogP contribution in [-0.4, -0.2) is 44.2 Å². The van der Waals surface area contributed by atoms with Crippen molar-refractivity contribution in [2.24, 2.45) is 0 Å². The Morgan fingerprint density at radius 1 is 1.07 bits per heavy atom. The summed E-state index contributed by atoms with van der Waals surface area (Å²) in [4.78, 5) is 14.6. The van der Waals surface area contributed by atoms with E-state index in [2.05, 4.69) is 33.9 Å². The van der Waals surface area contributed by atoms with Crippen LogP contribution in [0.4, 0.5) is 0 Å². The summed E-state index contributed by atoms with van der Waals surface area (Å²) in [7, 11) is -3.59. The van der Waals surface area contributed by atoms with Crippen LogP contribution in [0.3, 0.4) is 0 Å². The first-order chi connectivity index (χ1) is 14.4. The first kappa shape index (κ1) is 22.3. The van der Waals surface area contributed by atoms with Gasteiger partial charge in [-0.1, -0.05) is 43.7 Å². The van der Waals surface area contributed by atoms with Gasteiger partial charge in [0.15, 0.2) is 0 Å². The number of sulfonamides is 1. The number of likely N-dealkylation sites (tertiary alicyclic amines) is 1. The average molecular weight is 431 g/mol. The standard InChI is InChI=1S/C23H30N2O4S/c1-2-3-17-30(27,28)24-23(26)20-9-11-21(12-10-20)29-22-13-15-25(16-14-22)18-19-7-5-4-6-8-19/h4-12,22H,2-3,13-18H2,1H3,(H,24,26). The lowest BCUT2D eigenvalue weighted by Crippen LogP contribution is -2.37. The van der Waals surface area contributed by atoms with Crippen molar-refractivity contribution in [3.63, 3.8) is 0 Å². The van der Waals surface area contributed by atoms with Gasteiger partial charge in [-0.2, -0.15) is 0 Å². The van der Waals surface area contributed by atoms with E-state index in [9.17, 15) is 13.2 Å². The molecular weight excluding hydrogens is 400 g/mol. The number of hydrogen-bond acceptors (Lipinski definition) is 5. The average Bonchev–Trinajstić information content (AvgIpc) is 2.75. The van der Waals surface area contributed by atoms with Crippen LogP contribution in [0.15, 0.2) is 54.6 Å². The van der Waals surface area contributed by atoms with Gasteiger partial charge in [0.05, 0.1) is 5.75 Å². The van der Waals surface area contributed by atoms with Crippen molar-refractivity contribution in [2.75, 3.05) is 18.8 Å². The van der Waals surface area contributed by atoms with Gasteiger partial charge in [-0.25, -0.2) is 13.1 Å². The fourth-order valence-corrected chi connectivity index (χ4v) is 4.66. The van der Waals surface area contributed by atoms with Crippen molar-refractivity contribution in [3.8, 4) is 5.75 Å². The summed E-state index contributed by atoms with van der Waals surface area (Å²) < 4.78 is 32.0. The second-order valence-corrected chi connectivity index (χ2v) is 9.55. The number of nitrogens with zero attached hydrogens (tertiary/aromatic N) is 1. The lowest BCUT2D eigenvalue weighted by atomic mass is 10.1. The highest BCUT2D eigenvalue weighted by Crippen LogP contribution is 2.21. The van der Waals surface area contributed by atoms with E-state index in [0.29, 0.717) is 17.7 Å². The van der Waals surface area contributed by atoms with E-state index in [0.717, 1.165) is 38.9 Å². The second-order valence-electron chi connectivity index (χ2n) is 7.71. The molecule has 1 aliphatic heterocycles. The van der Waals surface area contributed by atoms with Gasteiger partial charge in [0.1, 0.15) is 11.9 Å². The molecule has 3 rings (SSSR count). The molecule has 1 N–H and O–H groups in total. The predicted molar refractivity (Wildman–Crippen MR) is 118 cm³/mol. The first-order valence-corrected chi connectivity index (χ1v) is 12.2. The molecule has 1 heterocycles. The molecule has 1 aliphatic rings. The number of carbonyl (C=O) groups is 1. The Kier molecular flexibility index (Phi) is 7.87. The van der Waals surface area contributed by atoms with E-state index in [-0.39, 0.29) is 11.9 Å². The molecule has 0 saturated carbocycles. The van der Waals surface area contributed by atoms with Crippen LogP contribution >= 0.6 is 0 Å². The topological polar surface area (TPSA) is 75.7 Å². The molecule has 30 heavy (non-hydrogen) atoms. The van der Waals surface area contributed by atoms with Crippen LogP contribution in [0.1, 0.15) is 48.5 Å². The smallest absolute Gasteiger partial charge is 0.264 e. The highest BCUT2D eigenvalue weighted by Gasteiger charge is 2.21. The number of rotatable bonds is 9. The molecule has 0 atom stereocenters. The van der Waals surface area contributed by atoms with Gasteiger partial charge in [0.2, 0.25) is 10.0 Å². The molecule has 0 aromatic heterocycles. The van der Waals surface area contributed by atoms with Crippen LogP contribution in [0.25, 0.3) is 0 Å². The van der Waals surface area contributed by atoms with Crippen LogP contribution in [0.5, 0.6) is 5.75 Å².